The van der Waals surface area contributed by atoms with E-state index in [0.717, 1.165) is 16.7 Å². The normalized spacial score (nSPS) is 10.8. The van der Waals surface area contributed by atoms with Crippen molar-refractivity contribution in [3.8, 4) is 0 Å². The van der Waals surface area contributed by atoms with Crippen molar-refractivity contribution in [3.05, 3.63) is 41.0 Å². The van der Waals surface area contributed by atoms with Crippen LogP contribution in [0.4, 0.5) is 0 Å². The highest BCUT2D eigenvalue weighted by Crippen LogP contribution is 2.16. The van der Waals surface area contributed by atoms with E-state index in [1.165, 1.54) is 6.08 Å². The molecule has 0 aliphatic heterocycles. The zero-order chi connectivity index (χ0) is 12.7. The highest BCUT2D eigenvalue weighted by Gasteiger charge is 2.03. The first-order valence-corrected chi connectivity index (χ1v) is 5.73. The molecule has 0 saturated heterocycles. The number of esters is 1. The zero-order valence-corrected chi connectivity index (χ0v) is 10.3. The predicted molar refractivity (Wildman–Crippen MR) is 67.6 cm³/mol. The van der Waals surface area contributed by atoms with E-state index >= 15 is 0 Å². The zero-order valence-electron chi connectivity index (χ0n) is 10.3. The molecule has 0 fully saturated rings. The molecule has 3 heteroatoms. The van der Waals surface area contributed by atoms with Gasteiger partial charge in [-0.05, 0) is 43.0 Å². The van der Waals surface area contributed by atoms with E-state index in [9.17, 15) is 4.79 Å². The molecular formula is C14H18O3. The number of aliphatic hydroxyl groups excluding tert-OH is 1. The van der Waals surface area contributed by atoms with Gasteiger partial charge in [-0.15, -0.1) is 0 Å². The number of hydrogen-bond acceptors (Lipinski definition) is 3. The lowest BCUT2D eigenvalue weighted by molar-refractivity contribution is -0.137. The second kappa shape index (κ2) is 6.86. The first-order chi connectivity index (χ1) is 8.19. The molecule has 1 N–H and O–H groups in total. The highest BCUT2D eigenvalue weighted by atomic mass is 16.5. The summed E-state index contributed by atoms with van der Waals surface area (Å²) < 4.78 is 4.83. The Kier molecular flexibility index (Phi) is 5.43. The molecule has 0 atom stereocenters. The van der Waals surface area contributed by atoms with Crippen molar-refractivity contribution >= 4 is 12.0 Å². The summed E-state index contributed by atoms with van der Waals surface area (Å²) in [5.74, 6) is -0.342. The summed E-state index contributed by atoms with van der Waals surface area (Å²) in [6.07, 6.45) is 3.76. The fraction of sp³-hybridized carbons (Fsp3) is 0.357. The van der Waals surface area contributed by atoms with E-state index in [1.807, 2.05) is 25.1 Å². The van der Waals surface area contributed by atoms with E-state index in [-0.39, 0.29) is 12.6 Å². The smallest absolute Gasteiger partial charge is 0.330 e. The van der Waals surface area contributed by atoms with E-state index in [2.05, 4.69) is 0 Å². The van der Waals surface area contributed by atoms with Gasteiger partial charge in [-0.3, -0.25) is 0 Å². The summed E-state index contributed by atoms with van der Waals surface area (Å²) in [6, 6.07) is 5.88. The van der Waals surface area contributed by atoms with Gasteiger partial charge in [0.25, 0.3) is 0 Å². The Labute approximate surface area is 102 Å². The molecule has 0 radical (unpaired) electrons. The van der Waals surface area contributed by atoms with Crippen molar-refractivity contribution in [2.45, 2.75) is 20.3 Å². The van der Waals surface area contributed by atoms with Crippen molar-refractivity contribution in [1.82, 2.24) is 0 Å². The van der Waals surface area contributed by atoms with Gasteiger partial charge in [-0.25, -0.2) is 4.79 Å². The summed E-state index contributed by atoms with van der Waals surface area (Å²) in [4.78, 5) is 11.2. The topological polar surface area (TPSA) is 46.5 Å². The fourth-order valence-electron chi connectivity index (χ4n) is 1.66. The highest BCUT2D eigenvalue weighted by molar-refractivity contribution is 5.87. The Balaban J connectivity index is 2.92. The molecule has 0 aliphatic rings. The molecule has 1 rings (SSSR count). The van der Waals surface area contributed by atoms with Gasteiger partial charge in [0.15, 0.2) is 0 Å². The van der Waals surface area contributed by atoms with Gasteiger partial charge in [0.05, 0.1) is 6.61 Å². The van der Waals surface area contributed by atoms with Crippen LogP contribution >= 0.6 is 0 Å². The number of ether oxygens (including phenoxy) is 1. The molecule has 0 amide bonds. The Hall–Kier alpha value is -1.61. The van der Waals surface area contributed by atoms with Crippen molar-refractivity contribution in [2.24, 2.45) is 0 Å². The van der Waals surface area contributed by atoms with Gasteiger partial charge >= 0.3 is 5.97 Å². The minimum atomic E-state index is -0.342. The molecule has 17 heavy (non-hydrogen) atoms. The van der Waals surface area contributed by atoms with Crippen LogP contribution in [0.5, 0.6) is 0 Å². The molecule has 1 aromatic carbocycles. The molecule has 3 nitrogen and oxygen atoms in total. The molecule has 1 aromatic rings. The van der Waals surface area contributed by atoms with Crippen LogP contribution < -0.4 is 0 Å². The van der Waals surface area contributed by atoms with Gasteiger partial charge in [0, 0.05) is 12.7 Å². The van der Waals surface area contributed by atoms with Crippen molar-refractivity contribution < 1.29 is 14.6 Å². The molecule has 0 spiro atoms. The lowest BCUT2D eigenvalue weighted by atomic mass is 9.99. The maximum atomic E-state index is 11.2. The van der Waals surface area contributed by atoms with Crippen LogP contribution in [-0.2, 0) is 16.0 Å². The summed E-state index contributed by atoms with van der Waals surface area (Å²) in [7, 11) is 0. The molecule has 92 valence electrons. The maximum absolute atomic E-state index is 11.2. The largest absolute Gasteiger partial charge is 0.463 e. The Morgan fingerprint density at radius 1 is 1.47 bits per heavy atom. The molecular weight excluding hydrogens is 216 g/mol. The first kappa shape index (κ1) is 13.5. The number of rotatable bonds is 5. The van der Waals surface area contributed by atoms with E-state index in [0.29, 0.717) is 13.0 Å². The fourth-order valence-corrected chi connectivity index (χ4v) is 1.66. The molecule has 0 aromatic heterocycles. The third-order valence-electron chi connectivity index (χ3n) is 2.47. The number of hydrogen-bond donors (Lipinski definition) is 1. The maximum Gasteiger partial charge on any atom is 0.330 e. The second-order valence-electron chi connectivity index (χ2n) is 3.71. The number of aliphatic hydroxyl groups is 1. The third-order valence-corrected chi connectivity index (χ3v) is 2.47. The Morgan fingerprint density at radius 3 is 2.88 bits per heavy atom. The van der Waals surface area contributed by atoms with E-state index < -0.39 is 0 Å². The number of benzene rings is 1. The summed E-state index contributed by atoms with van der Waals surface area (Å²) in [5, 5.41) is 8.98. The quantitative estimate of drug-likeness (QED) is 0.627. The van der Waals surface area contributed by atoms with Crippen LogP contribution in [0.2, 0.25) is 0 Å². The molecule has 0 heterocycles. The Morgan fingerprint density at radius 2 is 2.24 bits per heavy atom. The lowest BCUT2D eigenvalue weighted by Crippen LogP contribution is -2.00. The standard InChI is InChI=1S/C14H18O3/c1-3-17-14(16)8-7-13-11(2)5-4-6-12(13)9-10-15/h4-8,15H,3,9-10H2,1-2H3/b8-7+. The van der Waals surface area contributed by atoms with Crippen molar-refractivity contribution in [2.75, 3.05) is 13.2 Å². The second-order valence-corrected chi connectivity index (χ2v) is 3.71. The van der Waals surface area contributed by atoms with Crippen LogP contribution in [0.25, 0.3) is 6.08 Å². The van der Waals surface area contributed by atoms with Gasteiger partial charge in [-0.2, -0.15) is 0 Å². The first-order valence-electron chi connectivity index (χ1n) is 5.73. The van der Waals surface area contributed by atoms with Gasteiger partial charge < -0.3 is 9.84 Å². The average Bonchev–Trinajstić information content (AvgIpc) is 2.29. The molecule has 0 aliphatic carbocycles. The number of carbonyl (C=O) groups is 1. The SMILES string of the molecule is CCOC(=O)/C=C/c1c(C)cccc1CCO. The van der Waals surface area contributed by atoms with E-state index in [4.69, 9.17) is 9.84 Å². The van der Waals surface area contributed by atoms with Gasteiger partial charge in [0.1, 0.15) is 0 Å². The molecule has 0 saturated carbocycles. The lowest BCUT2D eigenvalue weighted by Gasteiger charge is -2.07. The van der Waals surface area contributed by atoms with Crippen LogP contribution in [0.15, 0.2) is 24.3 Å². The van der Waals surface area contributed by atoms with E-state index in [1.54, 1.807) is 13.0 Å². The minimum absolute atomic E-state index is 0.101. The Bertz CT molecular complexity index is 408. The summed E-state index contributed by atoms with van der Waals surface area (Å²) in [6.45, 7) is 4.23. The van der Waals surface area contributed by atoms with Crippen molar-refractivity contribution in [1.29, 1.82) is 0 Å². The average molecular weight is 234 g/mol. The van der Waals surface area contributed by atoms with Crippen LogP contribution in [0, 0.1) is 6.92 Å². The van der Waals surface area contributed by atoms with Crippen LogP contribution in [0.3, 0.4) is 0 Å². The van der Waals surface area contributed by atoms with Gasteiger partial charge in [0.2, 0.25) is 0 Å². The van der Waals surface area contributed by atoms with Crippen LogP contribution in [-0.4, -0.2) is 24.3 Å². The number of carbonyl (C=O) groups excluding carboxylic acids is 1. The molecule has 0 unspecified atom stereocenters. The minimum Gasteiger partial charge on any atom is -0.463 e. The predicted octanol–water partition coefficient (Wildman–Crippen LogP) is 2.11. The molecule has 0 bridgehead atoms. The summed E-state index contributed by atoms with van der Waals surface area (Å²) in [5.41, 5.74) is 3.10. The van der Waals surface area contributed by atoms with Crippen molar-refractivity contribution in [3.63, 3.8) is 0 Å². The van der Waals surface area contributed by atoms with Gasteiger partial charge in [-0.1, -0.05) is 18.2 Å². The summed E-state index contributed by atoms with van der Waals surface area (Å²) >= 11 is 0. The third kappa shape index (κ3) is 4.04. The van der Waals surface area contributed by atoms with Crippen LogP contribution in [0.1, 0.15) is 23.6 Å². The number of aryl methyl sites for hydroxylation is 1. The monoisotopic (exact) mass is 234 g/mol.